The summed E-state index contributed by atoms with van der Waals surface area (Å²) in [6, 6.07) is 14.8. The van der Waals surface area contributed by atoms with Crippen LogP contribution in [0.25, 0.3) is 0 Å². The number of methoxy groups -OCH3 is 1. The molecule has 0 spiro atoms. The van der Waals surface area contributed by atoms with Crippen molar-refractivity contribution in [3.05, 3.63) is 64.7 Å². The van der Waals surface area contributed by atoms with E-state index in [1.54, 1.807) is 7.11 Å². The quantitative estimate of drug-likeness (QED) is 0.654. The number of ether oxygens (including phenoxy) is 1. The first-order valence-corrected chi connectivity index (χ1v) is 8.00. The van der Waals surface area contributed by atoms with E-state index in [1.165, 1.54) is 22.3 Å². The molecule has 21 heavy (non-hydrogen) atoms. The number of hydrogen-bond acceptors (Lipinski definition) is 1. The third-order valence-electron chi connectivity index (χ3n) is 3.90. The van der Waals surface area contributed by atoms with E-state index < -0.39 is 0 Å². The van der Waals surface area contributed by atoms with Crippen LogP contribution in [0.4, 0.5) is 0 Å². The second-order valence-corrected chi connectivity index (χ2v) is 5.79. The van der Waals surface area contributed by atoms with Gasteiger partial charge in [-0.05, 0) is 53.6 Å². The van der Waals surface area contributed by atoms with Gasteiger partial charge in [0.15, 0.2) is 0 Å². The van der Waals surface area contributed by atoms with E-state index in [9.17, 15) is 0 Å². The molecule has 1 atom stereocenters. The zero-order valence-corrected chi connectivity index (χ0v) is 13.8. The van der Waals surface area contributed by atoms with Crippen LogP contribution in [0, 0.1) is 0 Å². The van der Waals surface area contributed by atoms with E-state index in [-0.39, 0.29) is 5.38 Å². The highest BCUT2D eigenvalue weighted by Crippen LogP contribution is 2.28. The molecule has 1 nitrogen and oxygen atoms in total. The summed E-state index contributed by atoms with van der Waals surface area (Å²) in [5.74, 6) is 0.881. The highest BCUT2D eigenvalue weighted by atomic mass is 35.5. The van der Waals surface area contributed by atoms with E-state index in [0.29, 0.717) is 0 Å². The van der Waals surface area contributed by atoms with Crippen LogP contribution in [-0.4, -0.2) is 7.11 Å². The lowest BCUT2D eigenvalue weighted by molar-refractivity contribution is 0.414. The van der Waals surface area contributed by atoms with Gasteiger partial charge in [0.25, 0.3) is 0 Å². The lowest BCUT2D eigenvalue weighted by Crippen LogP contribution is -1.99. The van der Waals surface area contributed by atoms with Crippen molar-refractivity contribution in [1.82, 2.24) is 0 Å². The molecule has 0 aliphatic heterocycles. The predicted octanol–water partition coefficient (Wildman–Crippen LogP) is 5.34. The van der Waals surface area contributed by atoms with Gasteiger partial charge in [0.05, 0.1) is 12.5 Å². The summed E-state index contributed by atoms with van der Waals surface area (Å²) in [6.45, 7) is 4.40. The van der Waals surface area contributed by atoms with Crippen molar-refractivity contribution in [2.45, 2.75) is 38.5 Å². The largest absolute Gasteiger partial charge is 0.497 e. The summed E-state index contributed by atoms with van der Waals surface area (Å²) in [6.07, 6.45) is 2.94. The first kappa shape index (κ1) is 15.9. The van der Waals surface area contributed by atoms with Crippen molar-refractivity contribution >= 4 is 11.6 Å². The molecule has 2 rings (SSSR count). The molecule has 0 aliphatic carbocycles. The van der Waals surface area contributed by atoms with Crippen LogP contribution in [0.5, 0.6) is 5.75 Å². The smallest absolute Gasteiger partial charge is 0.119 e. The van der Waals surface area contributed by atoms with Gasteiger partial charge in [-0.3, -0.25) is 0 Å². The molecular formula is C19H23ClO. The number of hydrogen-bond donors (Lipinski definition) is 0. The van der Waals surface area contributed by atoms with Crippen LogP contribution in [0.15, 0.2) is 42.5 Å². The molecule has 1 unspecified atom stereocenters. The minimum atomic E-state index is -0.00619. The molecule has 0 fully saturated rings. The van der Waals surface area contributed by atoms with Gasteiger partial charge < -0.3 is 4.74 Å². The Labute approximate surface area is 132 Å². The van der Waals surface area contributed by atoms with Gasteiger partial charge >= 0.3 is 0 Å². The Morgan fingerprint density at radius 2 is 1.76 bits per heavy atom. The predicted molar refractivity (Wildman–Crippen MR) is 90.5 cm³/mol. The second kappa shape index (κ2) is 7.51. The molecule has 0 N–H and O–H groups in total. The molecule has 0 heterocycles. The van der Waals surface area contributed by atoms with Crippen molar-refractivity contribution in [1.29, 1.82) is 0 Å². The zero-order valence-electron chi connectivity index (χ0n) is 13.0. The maximum Gasteiger partial charge on any atom is 0.119 e. The standard InChI is InChI=1S/C19H23ClO/c1-4-15-9-10-17(13-16(15)5-2)19(20)12-14-7-6-8-18(11-14)21-3/h6-11,13,19H,4-5,12H2,1-3H3. The average molecular weight is 303 g/mol. The molecule has 0 aliphatic rings. The Kier molecular flexibility index (Phi) is 5.69. The van der Waals surface area contributed by atoms with Crippen LogP contribution in [0.3, 0.4) is 0 Å². The van der Waals surface area contributed by atoms with Gasteiger partial charge in [-0.25, -0.2) is 0 Å². The zero-order chi connectivity index (χ0) is 15.2. The van der Waals surface area contributed by atoms with Crippen molar-refractivity contribution in [2.24, 2.45) is 0 Å². The lowest BCUT2D eigenvalue weighted by atomic mass is 9.96. The average Bonchev–Trinajstić information content (AvgIpc) is 2.54. The van der Waals surface area contributed by atoms with E-state index >= 15 is 0 Å². The molecule has 2 heteroatoms. The summed E-state index contributed by atoms with van der Waals surface area (Å²) in [5, 5.41) is -0.00619. The molecule has 0 saturated carbocycles. The minimum absolute atomic E-state index is 0.00619. The molecule has 112 valence electrons. The van der Waals surface area contributed by atoms with E-state index in [2.05, 4.69) is 44.2 Å². The second-order valence-electron chi connectivity index (χ2n) is 5.26. The van der Waals surface area contributed by atoms with Crippen LogP contribution in [-0.2, 0) is 19.3 Å². The van der Waals surface area contributed by atoms with E-state index in [4.69, 9.17) is 16.3 Å². The SMILES string of the molecule is CCc1ccc(C(Cl)Cc2cccc(OC)c2)cc1CC. The lowest BCUT2D eigenvalue weighted by Gasteiger charge is -2.14. The summed E-state index contributed by atoms with van der Waals surface area (Å²) >= 11 is 6.62. The maximum atomic E-state index is 6.62. The van der Waals surface area contributed by atoms with Crippen LogP contribution >= 0.6 is 11.6 Å². The van der Waals surface area contributed by atoms with Crippen LogP contribution in [0.1, 0.15) is 41.5 Å². The third-order valence-corrected chi connectivity index (χ3v) is 4.31. The Morgan fingerprint density at radius 3 is 2.43 bits per heavy atom. The van der Waals surface area contributed by atoms with Crippen molar-refractivity contribution in [3.63, 3.8) is 0 Å². The van der Waals surface area contributed by atoms with Gasteiger partial charge in [-0.15, -0.1) is 11.6 Å². The van der Waals surface area contributed by atoms with Crippen LogP contribution in [0.2, 0.25) is 0 Å². The highest BCUT2D eigenvalue weighted by Gasteiger charge is 2.11. The molecule has 0 bridgehead atoms. The van der Waals surface area contributed by atoms with Gasteiger partial charge in [0.2, 0.25) is 0 Å². The van der Waals surface area contributed by atoms with Crippen LogP contribution < -0.4 is 4.74 Å². The van der Waals surface area contributed by atoms with Gasteiger partial charge in [0, 0.05) is 0 Å². The monoisotopic (exact) mass is 302 g/mol. The maximum absolute atomic E-state index is 6.62. The fraction of sp³-hybridized carbons (Fsp3) is 0.368. The summed E-state index contributed by atoms with van der Waals surface area (Å²) < 4.78 is 5.27. The topological polar surface area (TPSA) is 9.23 Å². The molecule has 0 aromatic heterocycles. The summed E-state index contributed by atoms with van der Waals surface area (Å²) in [7, 11) is 1.69. The Morgan fingerprint density at radius 1 is 1.00 bits per heavy atom. The first-order valence-electron chi connectivity index (χ1n) is 7.56. The molecule has 0 saturated heterocycles. The van der Waals surface area contributed by atoms with Gasteiger partial charge in [-0.2, -0.15) is 0 Å². The Balaban J connectivity index is 2.17. The molecule has 0 radical (unpaired) electrons. The van der Waals surface area contributed by atoms with E-state index in [1.807, 2.05) is 12.1 Å². The number of benzene rings is 2. The Bertz CT molecular complexity index is 592. The number of halogens is 1. The molecule has 0 amide bonds. The van der Waals surface area contributed by atoms with Gasteiger partial charge in [-0.1, -0.05) is 44.2 Å². The third kappa shape index (κ3) is 4.01. The minimum Gasteiger partial charge on any atom is -0.497 e. The fourth-order valence-corrected chi connectivity index (χ4v) is 2.95. The Hall–Kier alpha value is -1.47. The van der Waals surface area contributed by atoms with Gasteiger partial charge in [0.1, 0.15) is 5.75 Å². The number of rotatable bonds is 6. The van der Waals surface area contributed by atoms with Crippen molar-refractivity contribution in [3.8, 4) is 5.75 Å². The summed E-state index contributed by atoms with van der Waals surface area (Å²) in [5.41, 5.74) is 5.23. The fourth-order valence-electron chi connectivity index (χ4n) is 2.64. The molecule has 2 aromatic rings. The van der Waals surface area contributed by atoms with Crippen molar-refractivity contribution in [2.75, 3.05) is 7.11 Å². The summed E-state index contributed by atoms with van der Waals surface area (Å²) in [4.78, 5) is 0. The molecular weight excluding hydrogens is 280 g/mol. The van der Waals surface area contributed by atoms with Crippen molar-refractivity contribution < 1.29 is 4.74 Å². The normalized spacial score (nSPS) is 12.2. The highest BCUT2D eigenvalue weighted by molar-refractivity contribution is 6.20. The first-order chi connectivity index (χ1) is 10.2. The van der Waals surface area contributed by atoms with E-state index in [0.717, 1.165) is 25.0 Å². The number of aryl methyl sites for hydroxylation is 2. The molecule has 2 aromatic carbocycles. The number of alkyl halides is 1.